The summed E-state index contributed by atoms with van der Waals surface area (Å²) in [5.41, 5.74) is 1.69. The lowest BCUT2D eigenvalue weighted by Gasteiger charge is -2.36. The summed E-state index contributed by atoms with van der Waals surface area (Å²) in [4.78, 5) is 12.9. The Bertz CT molecular complexity index is 856. The van der Waals surface area contributed by atoms with Crippen LogP contribution in [-0.4, -0.2) is 25.1 Å². The van der Waals surface area contributed by atoms with Crippen LogP contribution in [0, 0.1) is 33.2 Å². The van der Waals surface area contributed by atoms with E-state index in [1.165, 1.54) is 18.2 Å². The van der Waals surface area contributed by atoms with Gasteiger partial charge in [0.15, 0.2) is 0 Å². The molecular weight excluding hydrogens is 349 g/mol. The first kappa shape index (κ1) is 18.8. The van der Waals surface area contributed by atoms with Crippen LogP contribution in [0.1, 0.15) is 30.1 Å². The predicted octanol–water partition coefficient (Wildman–Crippen LogP) is 4.21. The first-order chi connectivity index (χ1) is 13.0. The van der Waals surface area contributed by atoms with E-state index >= 15 is 0 Å². The topological polar surface area (TPSA) is 79.4 Å². The molecule has 0 unspecified atom stereocenters. The fourth-order valence-electron chi connectivity index (χ4n) is 3.70. The number of anilines is 1. The fraction of sp³-hybridized carbons (Fsp3) is 0.350. The van der Waals surface area contributed by atoms with Crippen LogP contribution in [0.5, 0.6) is 0 Å². The van der Waals surface area contributed by atoms with Crippen molar-refractivity contribution in [1.82, 2.24) is 0 Å². The van der Waals surface area contributed by atoms with Crippen molar-refractivity contribution in [3.63, 3.8) is 0 Å². The molecule has 7 heteroatoms. The van der Waals surface area contributed by atoms with Gasteiger partial charge in [-0.1, -0.05) is 12.1 Å². The lowest BCUT2D eigenvalue weighted by molar-refractivity contribution is -0.384. The fourth-order valence-corrected chi connectivity index (χ4v) is 3.70. The molecule has 0 amide bonds. The number of benzene rings is 2. The Kier molecular flexibility index (Phi) is 5.67. The zero-order chi connectivity index (χ0) is 19.4. The van der Waals surface area contributed by atoms with E-state index in [-0.39, 0.29) is 29.1 Å². The summed E-state index contributed by atoms with van der Waals surface area (Å²) in [6.45, 7) is 1.30. The van der Waals surface area contributed by atoms with Gasteiger partial charge in [0.25, 0.3) is 5.69 Å². The smallest absolute Gasteiger partial charge is 0.293 e. The van der Waals surface area contributed by atoms with Crippen LogP contribution < -0.4 is 4.90 Å². The van der Waals surface area contributed by atoms with Gasteiger partial charge in [-0.05, 0) is 48.6 Å². The maximum atomic E-state index is 13.2. The summed E-state index contributed by atoms with van der Waals surface area (Å²) in [7, 11) is 1.64. The molecule has 3 rings (SSSR count). The zero-order valence-electron chi connectivity index (χ0n) is 15.0. The Morgan fingerprint density at radius 2 is 1.93 bits per heavy atom. The number of methoxy groups -OCH3 is 1. The molecule has 0 spiro atoms. The third-order valence-corrected chi connectivity index (χ3v) is 5.06. The third kappa shape index (κ3) is 4.07. The number of rotatable bonds is 5. The molecule has 0 bridgehead atoms. The molecular formula is C20H20FN3O3. The van der Waals surface area contributed by atoms with E-state index in [0.717, 1.165) is 18.4 Å². The van der Waals surface area contributed by atoms with Crippen LogP contribution in [0.15, 0.2) is 42.5 Å². The van der Waals surface area contributed by atoms with Crippen LogP contribution in [0.3, 0.4) is 0 Å². The number of hydrogen-bond donors (Lipinski definition) is 0. The Hall–Kier alpha value is -2.98. The summed E-state index contributed by atoms with van der Waals surface area (Å²) >= 11 is 0. The molecule has 1 heterocycles. The van der Waals surface area contributed by atoms with Gasteiger partial charge >= 0.3 is 0 Å². The van der Waals surface area contributed by atoms with Crippen LogP contribution in [0.25, 0.3) is 0 Å². The van der Waals surface area contributed by atoms with Gasteiger partial charge in [0.1, 0.15) is 11.5 Å². The highest BCUT2D eigenvalue weighted by molar-refractivity contribution is 5.65. The minimum atomic E-state index is -0.446. The van der Waals surface area contributed by atoms with Crippen molar-refractivity contribution in [2.45, 2.75) is 18.9 Å². The van der Waals surface area contributed by atoms with Crippen molar-refractivity contribution >= 4 is 11.4 Å². The highest BCUT2D eigenvalue weighted by Gasteiger charge is 2.30. The average molecular weight is 369 g/mol. The number of nitriles is 1. The van der Waals surface area contributed by atoms with E-state index in [1.54, 1.807) is 31.4 Å². The zero-order valence-corrected chi connectivity index (χ0v) is 15.0. The number of hydrogen-bond acceptors (Lipinski definition) is 5. The average Bonchev–Trinajstić information content (AvgIpc) is 2.70. The second kappa shape index (κ2) is 8.14. The number of piperidine rings is 1. The van der Waals surface area contributed by atoms with Gasteiger partial charge in [-0.2, -0.15) is 5.26 Å². The molecule has 0 N–H and O–H groups in total. The number of nitro benzene ring substituents is 1. The molecule has 6 nitrogen and oxygen atoms in total. The molecule has 1 saturated heterocycles. The summed E-state index contributed by atoms with van der Waals surface area (Å²) in [5, 5.41) is 20.4. The molecule has 0 saturated carbocycles. The minimum Gasteiger partial charge on any atom is -0.376 e. The first-order valence-electron chi connectivity index (χ1n) is 8.75. The maximum Gasteiger partial charge on any atom is 0.293 e. The van der Waals surface area contributed by atoms with Crippen molar-refractivity contribution in [2.75, 3.05) is 25.1 Å². The first-order valence-corrected chi connectivity index (χ1v) is 8.75. The van der Waals surface area contributed by atoms with Crippen LogP contribution in [0.2, 0.25) is 0 Å². The van der Waals surface area contributed by atoms with Gasteiger partial charge in [-0.15, -0.1) is 0 Å². The highest BCUT2D eigenvalue weighted by atomic mass is 19.1. The van der Waals surface area contributed by atoms with Gasteiger partial charge in [0.2, 0.25) is 0 Å². The van der Waals surface area contributed by atoms with Crippen molar-refractivity contribution < 1.29 is 14.1 Å². The van der Waals surface area contributed by atoms with Gasteiger partial charge in [-0.3, -0.25) is 10.1 Å². The molecule has 2 aromatic rings. The third-order valence-electron chi connectivity index (χ3n) is 5.06. The molecule has 27 heavy (non-hydrogen) atoms. The van der Waals surface area contributed by atoms with Gasteiger partial charge < -0.3 is 9.64 Å². The lowest BCUT2D eigenvalue weighted by Crippen LogP contribution is -2.36. The monoisotopic (exact) mass is 369 g/mol. The number of halogens is 1. The highest BCUT2D eigenvalue weighted by Crippen LogP contribution is 2.37. The van der Waals surface area contributed by atoms with Gasteiger partial charge in [-0.25, -0.2) is 4.39 Å². The molecule has 1 atom stereocenters. The lowest BCUT2D eigenvalue weighted by atomic mass is 9.87. The second-order valence-corrected chi connectivity index (χ2v) is 6.60. The largest absolute Gasteiger partial charge is 0.376 e. The Morgan fingerprint density at radius 1 is 1.26 bits per heavy atom. The molecule has 140 valence electrons. The number of ether oxygens (including phenoxy) is 1. The number of nitro groups is 1. The van der Waals surface area contributed by atoms with E-state index in [9.17, 15) is 14.5 Å². The van der Waals surface area contributed by atoms with E-state index < -0.39 is 4.92 Å². The molecule has 0 aliphatic carbocycles. The minimum absolute atomic E-state index is 0.0469. The van der Waals surface area contributed by atoms with Crippen molar-refractivity contribution in [1.29, 1.82) is 5.26 Å². The molecule has 2 aromatic carbocycles. The predicted molar refractivity (Wildman–Crippen MR) is 98.9 cm³/mol. The number of nitrogens with zero attached hydrogens (tertiary/aromatic N) is 3. The van der Waals surface area contributed by atoms with E-state index in [0.29, 0.717) is 18.8 Å². The van der Waals surface area contributed by atoms with Crippen LogP contribution in [-0.2, 0) is 4.74 Å². The van der Waals surface area contributed by atoms with Crippen molar-refractivity contribution in [2.24, 2.45) is 5.92 Å². The van der Waals surface area contributed by atoms with E-state index in [2.05, 4.69) is 0 Å². The van der Waals surface area contributed by atoms with E-state index in [1.807, 2.05) is 11.0 Å². The molecule has 1 aliphatic heterocycles. The second-order valence-electron chi connectivity index (χ2n) is 6.60. The van der Waals surface area contributed by atoms with Crippen LogP contribution in [0.4, 0.5) is 15.8 Å². The Morgan fingerprint density at radius 3 is 2.48 bits per heavy atom. The van der Waals surface area contributed by atoms with Crippen molar-refractivity contribution in [3.8, 4) is 6.07 Å². The van der Waals surface area contributed by atoms with E-state index in [4.69, 9.17) is 10.00 Å². The maximum absolute atomic E-state index is 13.2. The molecule has 0 aromatic heterocycles. The van der Waals surface area contributed by atoms with Crippen LogP contribution >= 0.6 is 0 Å². The molecule has 1 fully saturated rings. The summed E-state index contributed by atoms with van der Waals surface area (Å²) in [5.74, 6) is -0.0364. The summed E-state index contributed by atoms with van der Waals surface area (Å²) in [6.07, 6.45) is 1.46. The van der Waals surface area contributed by atoms with Gasteiger partial charge in [0, 0.05) is 26.3 Å². The van der Waals surface area contributed by atoms with Crippen molar-refractivity contribution in [3.05, 3.63) is 69.5 Å². The normalized spacial score (nSPS) is 16.0. The van der Waals surface area contributed by atoms with Gasteiger partial charge in [0.05, 0.1) is 22.7 Å². The summed E-state index contributed by atoms with van der Waals surface area (Å²) < 4.78 is 18.8. The Labute approximate surface area is 156 Å². The Balaban J connectivity index is 1.74. The SMILES string of the molecule is CO[C@H](c1ccc(F)cc1)C1CCN(c2ccc(C#N)cc2[N+](=O)[O-])CC1. The molecule has 1 aliphatic rings. The standard InChI is InChI=1S/C20H20FN3O3/c1-27-20(15-3-5-17(21)6-4-15)16-8-10-23(11-9-16)18-7-2-14(13-22)12-19(18)24(25)26/h2-7,12,16,20H,8-11H2,1H3/t20-/m1/s1. The quantitative estimate of drug-likeness (QED) is 0.583. The summed E-state index contributed by atoms with van der Waals surface area (Å²) in [6, 6.07) is 12.8. The molecule has 0 radical (unpaired) electrons.